The van der Waals surface area contributed by atoms with Gasteiger partial charge >= 0.3 is 0 Å². The Hall–Kier alpha value is -1.03. The quantitative estimate of drug-likeness (QED) is 0.779. The molecule has 0 aliphatic carbocycles. The van der Waals surface area contributed by atoms with Crippen LogP contribution in [-0.2, 0) is 6.54 Å². The molecular weight excluding hydrogens is 178 g/mol. The van der Waals surface area contributed by atoms with Crippen LogP contribution in [0.4, 0.5) is 6.01 Å². The second kappa shape index (κ2) is 5.00. The summed E-state index contributed by atoms with van der Waals surface area (Å²) in [7, 11) is 0. The molecule has 0 amide bonds. The third-order valence-electron chi connectivity index (χ3n) is 1.99. The van der Waals surface area contributed by atoms with E-state index in [1.54, 1.807) is 6.26 Å². The molecule has 1 rings (SSSR count). The lowest BCUT2D eigenvalue weighted by Gasteiger charge is -2.20. The highest BCUT2D eigenvalue weighted by molar-refractivity contribution is 5.26. The first-order valence-electron chi connectivity index (χ1n) is 5.06. The molecule has 80 valence electrons. The van der Waals surface area contributed by atoms with Gasteiger partial charge in [-0.1, -0.05) is 13.8 Å². The first-order valence-corrected chi connectivity index (χ1v) is 5.06. The van der Waals surface area contributed by atoms with Gasteiger partial charge in [-0.05, 0) is 12.8 Å². The third-order valence-corrected chi connectivity index (χ3v) is 1.99. The number of anilines is 1. The molecule has 0 aliphatic rings. The topological polar surface area (TPSA) is 55.3 Å². The van der Waals surface area contributed by atoms with Gasteiger partial charge in [0.05, 0.1) is 5.69 Å². The summed E-state index contributed by atoms with van der Waals surface area (Å²) in [5.74, 6) is 0.600. The van der Waals surface area contributed by atoms with Crippen molar-refractivity contribution in [3.8, 4) is 0 Å². The summed E-state index contributed by atoms with van der Waals surface area (Å²) in [5, 5.41) is 0. The minimum absolute atomic E-state index is 0.433. The van der Waals surface area contributed by atoms with Crippen molar-refractivity contribution in [1.29, 1.82) is 0 Å². The minimum atomic E-state index is 0.433. The molecule has 1 heterocycles. The van der Waals surface area contributed by atoms with Gasteiger partial charge in [0.2, 0.25) is 0 Å². The summed E-state index contributed by atoms with van der Waals surface area (Å²) in [4.78, 5) is 6.40. The van der Waals surface area contributed by atoms with Gasteiger partial charge in [0, 0.05) is 19.6 Å². The van der Waals surface area contributed by atoms with Crippen LogP contribution in [0.1, 0.15) is 26.5 Å². The van der Waals surface area contributed by atoms with E-state index in [2.05, 4.69) is 30.7 Å². The molecule has 1 aromatic rings. The van der Waals surface area contributed by atoms with Crippen LogP contribution in [0, 0.1) is 5.92 Å². The van der Waals surface area contributed by atoms with Crippen molar-refractivity contribution in [3.05, 3.63) is 12.0 Å². The van der Waals surface area contributed by atoms with E-state index in [9.17, 15) is 0 Å². The summed E-state index contributed by atoms with van der Waals surface area (Å²) < 4.78 is 5.34. The Morgan fingerprint density at radius 2 is 2.29 bits per heavy atom. The normalized spacial score (nSPS) is 10.9. The van der Waals surface area contributed by atoms with Gasteiger partial charge in [-0.25, -0.2) is 0 Å². The smallest absolute Gasteiger partial charge is 0.297 e. The molecule has 0 aliphatic heterocycles. The highest BCUT2D eigenvalue weighted by Gasteiger charge is 2.11. The minimum Gasteiger partial charge on any atom is -0.432 e. The van der Waals surface area contributed by atoms with Crippen molar-refractivity contribution in [1.82, 2.24) is 4.98 Å². The van der Waals surface area contributed by atoms with E-state index in [1.165, 1.54) is 0 Å². The van der Waals surface area contributed by atoms with E-state index in [-0.39, 0.29) is 0 Å². The SMILES string of the molecule is CCN(CC(C)C)c1nc(CN)co1. The van der Waals surface area contributed by atoms with E-state index in [0.29, 0.717) is 18.5 Å². The molecule has 4 heteroatoms. The van der Waals surface area contributed by atoms with Crippen LogP contribution in [0.5, 0.6) is 0 Å². The highest BCUT2D eigenvalue weighted by Crippen LogP contribution is 2.14. The number of nitrogens with zero attached hydrogens (tertiary/aromatic N) is 2. The van der Waals surface area contributed by atoms with Crippen molar-refractivity contribution in [2.24, 2.45) is 11.7 Å². The second-order valence-corrected chi connectivity index (χ2v) is 3.76. The van der Waals surface area contributed by atoms with Crippen LogP contribution in [0.15, 0.2) is 10.7 Å². The third kappa shape index (κ3) is 2.73. The zero-order valence-corrected chi connectivity index (χ0v) is 9.16. The lowest BCUT2D eigenvalue weighted by molar-refractivity contribution is 0.511. The molecule has 0 saturated heterocycles. The molecule has 4 nitrogen and oxygen atoms in total. The number of aromatic nitrogens is 1. The molecule has 0 aromatic carbocycles. The molecule has 0 spiro atoms. The van der Waals surface area contributed by atoms with Crippen LogP contribution < -0.4 is 10.6 Å². The monoisotopic (exact) mass is 197 g/mol. The molecule has 14 heavy (non-hydrogen) atoms. The van der Waals surface area contributed by atoms with Gasteiger partial charge in [0.15, 0.2) is 0 Å². The van der Waals surface area contributed by atoms with Gasteiger partial charge in [0.25, 0.3) is 6.01 Å². The molecular formula is C10H19N3O. The summed E-state index contributed by atoms with van der Waals surface area (Å²) in [6, 6.07) is 0.682. The lowest BCUT2D eigenvalue weighted by atomic mass is 10.2. The molecule has 0 atom stereocenters. The molecule has 1 aromatic heterocycles. The lowest BCUT2D eigenvalue weighted by Crippen LogP contribution is -2.27. The van der Waals surface area contributed by atoms with Crippen molar-refractivity contribution >= 4 is 6.01 Å². The molecule has 0 radical (unpaired) electrons. The average molecular weight is 197 g/mol. The summed E-state index contributed by atoms with van der Waals surface area (Å²) in [5.41, 5.74) is 6.27. The second-order valence-electron chi connectivity index (χ2n) is 3.76. The van der Waals surface area contributed by atoms with E-state index < -0.39 is 0 Å². The van der Waals surface area contributed by atoms with Crippen molar-refractivity contribution in [3.63, 3.8) is 0 Å². The van der Waals surface area contributed by atoms with Crippen LogP contribution in [0.25, 0.3) is 0 Å². The maximum absolute atomic E-state index is 5.46. The molecule has 2 N–H and O–H groups in total. The Kier molecular flexibility index (Phi) is 3.95. The Balaban J connectivity index is 2.68. The van der Waals surface area contributed by atoms with Gasteiger partial charge in [-0.2, -0.15) is 4.98 Å². The summed E-state index contributed by atoms with van der Waals surface area (Å²) >= 11 is 0. The fourth-order valence-electron chi connectivity index (χ4n) is 1.32. The predicted molar refractivity (Wildman–Crippen MR) is 57.1 cm³/mol. The van der Waals surface area contributed by atoms with Crippen LogP contribution in [-0.4, -0.2) is 18.1 Å². The molecule has 0 bridgehead atoms. The Morgan fingerprint density at radius 3 is 2.71 bits per heavy atom. The zero-order valence-electron chi connectivity index (χ0n) is 9.16. The predicted octanol–water partition coefficient (Wildman–Crippen LogP) is 1.62. The number of hydrogen-bond acceptors (Lipinski definition) is 4. The van der Waals surface area contributed by atoms with E-state index in [1.807, 2.05) is 0 Å². The van der Waals surface area contributed by atoms with Gasteiger partial charge in [0.1, 0.15) is 6.26 Å². The summed E-state index contributed by atoms with van der Waals surface area (Å²) in [6.45, 7) is 8.74. The largest absolute Gasteiger partial charge is 0.432 e. The molecule has 0 fully saturated rings. The van der Waals surface area contributed by atoms with Crippen molar-refractivity contribution in [2.75, 3.05) is 18.0 Å². The average Bonchev–Trinajstić information content (AvgIpc) is 2.62. The fraction of sp³-hybridized carbons (Fsp3) is 0.700. The van der Waals surface area contributed by atoms with Gasteiger partial charge < -0.3 is 15.1 Å². The first-order chi connectivity index (χ1) is 6.67. The number of oxazole rings is 1. The molecule has 0 saturated carbocycles. The maximum atomic E-state index is 5.46. The number of hydrogen-bond donors (Lipinski definition) is 1. The van der Waals surface area contributed by atoms with Crippen LogP contribution >= 0.6 is 0 Å². The van der Waals surface area contributed by atoms with E-state index >= 15 is 0 Å². The van der Waals surface area contributed by atoms with E-state index in [4.69, 9.17) is 10.2 Å². The van der Waals surface area contributed by atoms with Crippen LogP contribution in [0.3, 0.4) is 0 Å². The zero-order chi connectivity index (χ0) is 10.6. The van der Waals surface area contributed by atoms with Gasteiger partial charge in [-0.15, -0.1) is 0 Å². The highest BCUT2D eigenvalue weighted by atomic mass is 16.4. The Morgan fingerprint density at radius 1 is 1.57 bits per heavy atom. The van der Waals surface area contributed by atoms with Crippen molar-refractivity contribution in [2.45, 2.75) is 27.3 Å². The Labute approximate surface area is 85.1 Å². The van der Waals surface area contributed by atoms with Crippen molar-refractivity contribution < 1.29 is 4.42 Å². The molecule has 0 unspecified atom stereocenters. The Bertz CT molecular complexity index is 270. The first kappa shape index (κ1) is 11.0. The number of nitrogens with two attached hydrogens (primary N) is 1. The van der Waals surface area contributed by atoms with Gasteiger partial charge in [-0.3, -0.25) is 0 Å². The fourth-order valence-corrected chi connectivity index (χ4v) is 1.32. The van der Waals surface area contributed by atoms with E-state index in [0.717, 1.165) is 18.8 Å². The standard InChI is InChI=1S/C10H19N3O/c1-4-13(6-8(2)3)10-12-9(5-11)7-14-10/h7-8H,4-6,11H2,1-3H3. The number of rotatable bonds is 5. The maximum Gasteiger partial charge on any atom is 0.297 e. The summed E-state index contributed by atoms with van der Waals surface area (Å²) in [6.07, 6.45) is 1.62. The van der Waals surface area contributed by atoms with Crippen LogP contribution in [0.2, 0.25) is 0 Å².